The Balaban J connectivity index is 2.20. The third-order valence-corrected chi connectivity index (χ3v) is 5.32. The Morgan fingerprint density at radius 2 is 2.22 bits per heavy atom. The first-order chi connectivity index (χ1) is 8.49. The Morgan fingerprint density at radius 3 is 2.83 bits per heavy atom. The molecule has 0 aliphatic rings. The normalized spacial score (nSPS) is 11.6. The quantitative estimate of drug-likeness (QED) is 0.828. The second kappa shape index (κ2) is 5.35. The maximum absolute atomic E-state index is 12.1. The minimum absolute atomic E-state index is 0.168. The van der Waals surface area contributed by atoms with E-state index < -0.39 is 10.0 Å². The molecule has 1 aromatic heterocycles. The molecule has 0 spiro atoms. The Hall–Kier alpha value is -0.960. The van der Waals surface area contributed by atoms with E-state index in [-0.39, 0.29) is 11.4 Å². The van der Waals surface area contributed by atoms with Gasteiger partial charge in [-0.25, -0.2) is 13.1 Å². The number of sulfonamides is 1. The highest BCUT2D eigenvalue weighted by atomic mass is 79.9. The molecule has 2 aromatic rings. The monoisotopic (exact) mass is 347 g/mol. The van der Waals surface area contributed by atoms with Gasteiger partial charge in [-0.05, 0) is 34.1 Å². The lowest BCUT2D eigenvalue weighted by Crippen LogP contribution is -2.23. The van der Waals surface area contributed by atoms with Gasteiger partial charge in [0.15, 0.2) is 0 Å². The summed E-state index contributed by atoms with van der Waals surface area (Å²) >= 11 is 4.59. The van der Waals surface area contributed by atoms with Gasteiger partial charge in [-0.15, -0.1) is 11.3 Å². The summed E-state index contributed by atoms with van der Waals surface area (Å²) in [6.07, 6.45) is 1.63. The van der Waals surface area contributed by atoms with Crippen LogP contribution in [0.5, 0.6) is 0 Å². The summed E-state index contributed by atoms with van der Waals surface area (Å²) in [5, 5.41) is 0. The Bertz CT molecular complexity index is 641. The van der Waals surface area contributed by atoms with Crippen molar-refractivity contribution >= 4 is 43.0 Å². The summed E-state index contributed by atoms with van der Waals surface area (Å²) in [5.74, 6) is 0. The van der Waals surface area contributed by atoms with Gasteiger partial charge in [-0.2, -0.15) is 0 Å². The number of aromatic nitrogens is 1. The van der Waals surface area contributed by atoms with Crippen molar-refractivity contribution in [1.82, 2.24) is 9.71 Å². The standard InChI is InChI=1S/C10H10BrN3O2S2/c11-9-3-7(12)1-2-10(9)18(15,16)14-5-8-4-13-6-17-8/h1-4,6,14H,5,12H2. The first-order valence-electron chi connectivity index (χ1n) is 4.91. The van der Waals surface area contributed by atoms with Crippen LogP contribution in [-0.2, 0) is 16.6 Å². The molecule has 0 radical (unpaired) electrons. The van der Waals surface area contributed by atoms with Crippen molar-refractivity contribution in [2.24, 2.45) is 0 Å². The highest BCUT2D eigenvalue weighted by molar-refractivity contribution is 9.10. The number of nitrogens with two attached hydrogens (primary N) is 1. The van der Waals surface area contributed by atoms with Crippen molar-refractivity contribution in [3.8, 4) is 0 Å². The summed E-state index contributed by atoms with van der Waals surface area (Å²) in [5.41, 5.74) is 7.73. The van der Waals surface area contributed by atoms with Gasteiger partial charge in [0.2, 0.25) is 10.0 Å². The van der Waals surface area contributed by atoms with Crippen molar-refractivity contribution < 1.29 is 8.42 Å². The van der Waals surface area contributed by atoms with Crippen LogP contribution in [0.2, 0.25) is 0 Å². The van der Waals surface area contributed by atoms with Crippen LogP contribution in [0.4, 0.5) is 5.69 Å². The Kier molecular flexibility index (Phi) is 4.00. The number of thiazole rings is 1. The molecule has 0 bridgehead atoms. The van der Waals surface area contributed by atoms with Gasteiger partial charge >= 0.3 is 0 Å². The minimum atomic E-state index is -3.56. The molecule has 0 fully saturated rings. The lowest BCUT2D eigenvalue weighted by molar-refractivity contribution is 0.581. The summed E-state index contributed by atoms with van der Waals surface area (Å²) in [6.45, 7) is 0.226. The molecule has 8 heteroatoms. The van der Waals surface area contributed by atoms with Crippen molar-refractivity contribution in [3.05, 3.63) is 39.3 Å². The zero-order valence-corrected chi connectivity index (χ0v) is 12.3. The van der Waals surface area contributed by atoms with Crippen LogP contribution >= 0.6 is 27.3 Å². The number of halogens is 1. The highest BCUT2D eigenvalue weighted by Gasteiger charge is 2.17. The molecular weight excluding hydrogens is 338 g/mol. The van der Waals surface area contributed by atoms with Crippen molar-refractivity contribution in [2.45, 2.75) is 11.4 Å². The van der Waals surface area contributed by atoms with E-state index in [2.05, 4.69) is 25.6 Å². The van der Waals surface area contributed by atoms with E-state index in [4.69, 9.17) is 5.73 Å². The molecule has 0 saturated heterocycles. The number of rotatable bonds is 4. The van der Waals surface area contributed by atoms with Gasteiger partial charge in [-0.1, -0.05) is 0 Å². The van der Waals surface area contributed by atoms with E-state index >= 15 is 0 Å². The largest absolute Gasteiger partial charge is 0.399 e. The highest BCUT2D eigenvalue weighted by Crippen LogP contribution is 2.24. The summed E-state index contributed by atoms with van der Waals surface area (Å²) in [7, 11) is -3.56. The summed E-state index contributed by atoms with van der Waals surface area (Å²) < 4.78 is 27.1. The second-order valence-electron chi connectivity index (χ2n) is 3.48. The predicted octanol–water partition coefficient (Wildman–Crippen LogP) is 1.97. The molecule has 18 heavy (non-hydrogen) atoms. The zero-order valence-electron chi connectivity index (χ0n) is 9.13. The number of nitrogen functional groups attached to an aromatic ring is 1. The molecule has 0 amide bonds. The lowest BCUT2D eigenvalue weighted by Gasteiger charge is -2.08. The molecular formula is C10H10BrN3O2S2. The first-order valence-corrected chi connectivity index (χ1v) is 8.07. The van der Waals surface area contributed by atoms with Crippen LogP contribution in [0.15, 0.2) is 39.3 Å². The number of nitrogens with one attached hydrogen (secondary N) is 1. The fourth-order valence-electron chi connectivity index (χ4n) is 1.31. The van der Waals surface area contributed by atoms with E-state index in [1.54, 1.807) is 23.8 Å². The number of anilines is 1. The van der Waals surface area contributed by atoms with Crippen molar-refractivity contribution in [2.75, 3.05) is 5.73 Å². The average Bonchev–Trinajstić information content (AvgIpc) is 2.78. The number of hydrogen-bond acceptors (Lipinski definition) is 5. The maximum atomic E-state index is 12.1. The molecule has 96 valence electrons. The van der Waals surface area contributed by atoms with Gasteiger partial charge in [0.1, 0.15) is 0 Å². The van der Waals surface area contributed by atoms with Crippen LogP contribution < -0.4 is 10.5 Å². The minimum Gasteiger partial charge on any atom is -0.399 e. The van der Waals surface area contributed by atoms with E-state index in [0.29, 0.717) is 10.2 Å². The fourth-order valence-corrected chi connectivity index (χ4v) is 4.03. The average molecular weight is 348 g/mol. The Morgan fingerprint density at radius 1 is 1.44 bits per heavy atom. The first kappa shape index (κ1) is 13.5. The summed E-state index contributed by atoms with van der Waals surface area (Å²) in [4.78, 5) is 4.90. The van der Waals surface area contributed by atoms with Crippen LogP contribution in [0.3, 0.4) is 0 Å². The molecule has 0 aliphatic heterocycles. The molecule has 2 rings (SSSR count). The van der Waals surface area contributed by atoms with Crippen LogP contribution in [0.25, 0.3) is 0 Å². The van der Waals surface area contributed by atoms with Gasteiger partial charge in [0, 0.05) is 27.8 Å². The molecule has 0 aliphatic carbocycles. The fraction of sp³-hybridized carbons (Fsp3) is 0.100. The van der Waals surface area contributed by atoms with Crippen molar-refractivity contribution in [1.29, 1.82) is 0 Å². The molecule has 5 nitrogen and oxygen atoms in total. The number of benzene rings is 1. The zero-order chi connectivity index (χ0) is 13.2. The van der Waals surface area contributed by atoms with Gasteiger partial charge < -0.3 is 5.73 Å². The van der Waals surface area contributed by atoms with Gasteiger partial charge in [0.05, 0.1) is 10.4 Å². The van der Waals surface area contributed by atoms with Crippen molar-refractivity contribution in [3.63, 3.8) is 0 Å². The molecule has 3 N–H and O–H groups in total. The van der Waals surface area contributed by atoms with E-state index in [9.17, 15) is 8.42 Å². The Labute approximate surface area is 117 Å². The number of nitrogens with zero attached hydrogens (tertiary/aromatic N) is 1. The molecule has 0 atom stereocenters. The smallest absolute Gasteiger partial charge is 0.242 e. The van der Waals surface area contributed by atoms with Gasteiger partial charge in [0.25, 0.3) is 0 Å². The van der Waals surface area contributed by atoms with Crippen LogP contribution in [0, 0.1) is 0 Å². The predicted molar refractivity (Wildman–Crippen MR) is 74.7 cm³/mol. The van der Waals surface area contributed by atoms with Gasteiger partial charge in [-0.3, -0.25) is 4.98 Å². The number of hydrogen-bond donors (Lipinski definition) is 2. The molecule has 1 heterocycles. The van der Waals surface area contributed by atoms with Crippen LogP contribution in [0.1, 0.15) is 4.88 Å². The van der Waals surface area contributed by atoms with E-state index in [1.165, 1.54) is 17.4 Å². The molecule has 1 aromatic carbocycles. The topological polar surface area (TPSA) is 85.1 Å². The SMILES string of the molecule is Nc1ccc(S(=O)(=O)NCc2cncs2)c(Br)c1. The van der Waals surface area contributed by atoms with E-state index in [0.717, 1.165) is 4.88 Å². The third kappa shape index (κ3) is 3.08. The molecule has 0 saturated carbocycles. The summed E-state index contributed by atoms with van der Waals surface area (Å²) in [6, 6.07) is 4.57. The maximum Gasteiger partial charge on any atom is 0.242 e. The molecule has 0 unspecified atom stereocenters. The second-order valence-corrected chi connectivity index (χ2v) is 7.04. The van der Waals surface area contributed by atoms with Crippen LogP contribution in [-0.4, -0.2) is 13.4 Å². The van der Waals surface area contributed by atoms with E-state index in [1.807, 2.05) is 0 Å². The third-order valence-electron chi connectivity index (χ3n) is 2.17. The lowest BCUT2D eigenvalue weighted by atomic mass is 10.3.